The number of nitrogens with zero attached hydrogens (tertiary/aromatic N) is 1. The van der Waals surface area contributed by atoms with E-state index in [4.69, 9.17) is 23.2 Å². The number of aromatic nitrogens is 1. The molecule has 1 rings (SSSR count). The maximum atomic E-state index is 11.0. The highest BCUT2D eigenvalue weighted by molar-refractivity contribution is 6.34. The molecule has 0 aliphatic carbocycles. The van der Waals surface area contributed by atoms with E-state index in [1.165, 1.54) is 19.4 Å². The molecule has 3 nitrogen and oxygen atoms in total. The molecule has 1 heterocycles. The molecule has 1 aromatic rings. The second kappa shape index (κ2) is 10.7. The summed E-state index contributed by atoms with van der Waals surface area (Å²) in [5.41, 5.74) is 0.221. The molecule has 0 atom stereocenters. The van der Waals surface area contributed by atoms with Crippen LogP contribution in [0, 0.1) is 0 Å². The number of carbonyl (C=O) groups is 1. The number of carbonyl (C=O) groups excluding carboxylic acids is 1. The number of hydrogen-bond acceptors (Lipinski definition) is 3. The van der Waals surface area contributed by atoms with Gasteiger partial charge in [0, 0.05) is 6.20 Å². The average molecular weight is 266 g/mol. The summed E-state index contributed by atoms with van der Waals surface area (Å²) in [6.07, 6.45) is 1.30. The summed E-state index contributed by atoms with van der Waals surface area (Å²) in [6.45, 7) is 8.00. The van der Waals surface area contributed by atoms with Crippen LogP contribution in [0.15, 0.2) is 12.3 Å². The van der Waals surface area contributed by atoms with Crippen molar-refractivity contribution in [2.24, 2.45) is 0 Å². The summed E-state index contributed by atoms with van der Waals surface area (Å²) < 4.78 is 4.46. The normalized spacial score (nSPS) is 7.94. The monoisotopic (exact) mass is 265 g/mol. The molecule has 0 aromatic carbocycles. The van der Waals surface area contributed by atoms with Crippen molar-refractivity contribution in [1.29, 1.82) is 0 Å². The van der Waals surface area contributed by atoms with Gasteiger partial charge < -0.3 is 4.74 Å². The first-order valence-corrected chi connectivity index (χ1v) is 5.80. The summed E-state index contributed by atoms with van der Waals surface area (Å²) in [5.74, 6) is -0.524. The molecule has 92 valence electrons. The lowest BCUT2D eigenvalue weighted by atomic mass is 10.3. The van der Waals surface area contributed by atoms with Gasteiger partial charge in [-0.25, -0.2) is 9.78 Å². The molecule has 0 saturated heterocycles. The summed E-state index contributed by atoms with van der Waals surface area (Å²) in [4.78, 5) is 14.7. The van der Waals surface area contributed by atoms with Crippen LogP contribution in [0.3, 0.4) is 0 Å². The smallest absolute Gasteiger partial charge is 0.339 e. The van der Waals surface area contributed by atoms with Crippen molar-refractivity contribution in [3.05, 3.63) is 28.0 Å². The predicted octanol–water partition coefficient (Wildman–Crippen LogP) is 4.23. The fourth-order valence-corrected chi connectivity index (χ4v) is 1.02. The third-order valence-electron chi connectivity index (χ3n) is 1.23. The molecule has 0 radical (unpaired) electrons. The van der Waals surface area contributed by atoms with Crippen molar-refractivity contribution in [3.8, 4) is 0 Å². The SMILES string of the molecule is CC.CC.COC(=O)c1cc(Cl)ncc1Cl. The maximum Gasteiger partial charge on any atom is 0.339 e. The summed E-state index contributed by atoms with van der Waals surface area (Å²) in [7, 11) is 1.27. The zero-order valence-electron chi connectivity index (χ0n) is 10.2. The van der Waals surface area contributed by atoms with Crippen LogP contribution in [0.1, 0.15) is 38.1 Å². The highest BCUT2D eigenvalue weighted by Crippen LogP contribution is 2.18. The number of ether oxygens (including phenoxy) is 1. The van der Waals surface area contributed by atoms with Gasteiger partial charge in [-0.05, 0) is 6.07 Å². The highest BCUT2D eigenvalue weighted by atomic mass is 35.5. The molecular formula is C11H17Cl2NO2. The lowest BCUT2D eigenvalue weighted by Gasteiger charge is -2.00. The van der Waals surface area contributed by atoms with Gasteiger partial charge in [-0.1, -0.05) is 50.9 Å². The van der Waals surface area contributed by atoms with E-state index >= 15 is 0 Å². The largest absolute Gasteiger partial charge is 0.465 e. The molecule has 0 unspecified atom stereocenters. The van der Waals surface area contributed by atoms with Gasteiger partial charge >= 0.3 is 5.97 Å². The molecule has 1 aromatic heterocycles. The zero-order chi connectivity index (χ0) is 13.1. The third kappa shape index (κ3) is 5.93. The lowest BCUT2D eigenvalue weighted by molar-refractivity contribution is 0.0601. The number of pyridine rings is 1. The Kier molecular flexibility index (Phi) is 11.8. The minimum Gasteiger partial charge on any atom is -0.465 e. The summed E-state index contributed by atoms with van der Waals surface area (Å²) in [6, 6.07) is 1.36. The molecule has 0 fully saturated rings. The van der Waals surface area contributed by atoms with E-state index in [2.05, 4.69) is 9.72 Å². The van der Waals surface area contributed by atoms with Gasteiger partial charge in [0.15, 0.2) is 0 Å². The van der Waals surface area contributed by atoms with E-state index < -0.39 is 5.97 Å². The second-order valence-electron chi connectivity index (χ2n) is 1.98. The second-order valence-corrected chi connectivity index (χ2v) is 2.77. The Bertz CT molecular complexity index is 317. The molecule has 0 N–H and O–H groups in total. The number of halogens is 2. The van der Waals surface area contributed by atoms with E-state index in [1.807, 2.05) is 27.7 Å². The molecule has 5 heteroatoms. The zero-order valence-corrected chi connectivity index (χ0v) is 11.7. The summed E-state index contributed by atoms with van der Waals surface area (Å²) >= 11 is 11.2. The first-order chi connectivity index (χ1) is 7.65. The van der Waals surface area contributed by atoms with Crippen LogP contribution in [0.2, 0.25) is 10.2 Å². The Morgan fingerprint density at radius 2 is 1.75 bits per heavy atom. The number of hydrogen-bond donors (Lipinski definition) is 0. The maximum absolute atomic E-state index is 11.0. The van der Waals surface area contributed by atoms with Crippen LogP contribution >= 0.6 is 23.2 Å². The number of rotatable bonds is 1. The van der Waals surface area contributed by atoms with Crippen molar-refractivity contribution in [1.82, 2.24) is 4.98 Å². The fourth-order valence-electron chi connectivity index (χ4n) is 0.680. The van der Waals surface area contributed by atoms with Gasteiger partial charge in [-0.15, -0.1) is 0 Å². The predicted molar refractivity (Wildman–Crippen MR) is 68.3 cm³/mol. The van der Waals surface area contributed by atoms with Crippen LogP contribution in [-0.4, -0.2) is 18.1 Å². The third-order valence-corrected chi connectivity index (χ3v) is 1.74. The van der Waals surface area contributed by atoms with Gasteiger partial charge in [0.1, 0.15) is 5.15 Å². The molecule has 0 amide bonds. The molecule has 0 saturated carbocycles. The Morgan fingerprint density at radius 3 is 2.19 bits per heavy atom. The van der Waals surface area contributed by atoms with Crippen LogP contribution in [0.25, 0.3) is 0 Å². The van der Waals surface area contributed by atoms with E-state index in [0.717, 1.165) is 0 Å². The molecule has 16 heavy (non-hydrogen) atoms. The first-order valence-electron chi connectivity index (χ1n) is 5.04. The Labute approximate surface area is 107 Å². The molecule has 0 aliphatic heterocycles. The van der Waals surface area contributed by atoms with Crippen molar-refractivity contribution in [3.63, 3.8) is 0 Å². The minimum absolute atomic E-state index is 0.208. The van der Waals surface area contributed by atoms with Gasteiger partial charge in [-0.3, -0.25) is 0 Å². The van der Waals surface area contributed by atoms with Gasteiger partial charge in [0.05, 0.1) is 17.7 Å². The van der Waals surface area contributed by atoms with E-state index in [1.54, 1.807) is 0 Å². The van der Waals surface area contributed by atoms with Crippen LogP contribution in [0.5, 0.6) is 0 Å². The Balaban J connectivity index is 0. The van der Waals surface area contributed by atoms with Crippen LogP contribution in [0.4, 0.5) is 0 Å². The van der Waals surface area contributed by atoms with Crippen molar-refractivity contribution in [2.75, 3.05) is 7.11 Å². The van der Waals surface area contributed by atoms with Crippen LogP contribution in [-0.2, 0) is 4.74 Å². The Hall–Kier alpha value is -0.800. The molecular weight excluding hydrogens is 249 g/mol. The quantitative estimate of drug-likeness (QED) is 0.564. The van der Waals surface area contributed by atoms with E-state index in [0.29, 0.717) is 0 Å². The van der Waals surface area contributed by atoms with Gasteiger partial charge in [-0.2, -0.15) is 0 Å². The average Bonchev–Trinajstić information content (AvgIpc) is 2.36. The van der Waals surface area contributed by atoms with Gasteiger partial charge in [0.2, 0.25) is 0 Å². The van der Waals surface area contributed by atoms with E-state index in [-0.39, 0.29) is 15.7 Å². The minimum atomic E-state index is -0.524. The van der Waals surface area contributed by atoms with Crippen molar-refractivity contribution in [2.45, 2.75) is 27.7 Å². The van der Waals surface area contributed by atoms with Gasteiger partial charge in [0.25, 0.3) is 0 Å². The first kappa shape index (κ1) is 17.6. The lowest BCUT2D eigenvalue weighted by Crippen LogP contribution is -2.02. The van der Waals surface area contributed by atoms with E-state index in [9.17, 15) is 4.79 Å². The fraction of sp³-hybridized carbons (Fsp3) is 0.455. The molecule has 0 bridgehead atoms. The number of esters is 1. The number of methoxy groups -OCH3 is 1. The molecule has 0 spiro atoms. The summed E-state index contributed by atoms with van der Waals surface area (Å²) in [5, 5.41) is 0.436. The molecule has 0 aliphatic rings. The standard InChI is InChI=1S/C7H5Cl2NO2.2C2H6/c1-12-7(11)4-2-6(9)10-3-5(4)8;2*1-2/h2-3H,1H3;2*1-2H3. The Morgan fingerprint density at radius 1 is 1.25 bits per heavy atom. The van der Waals surface area contributed by atoms with Crippen LogP contribution < -0.4 is 0 Å². The van der Waals surface area contributed by atoms with Crippen molar-refractivity contribution < 1.29 is 9.53 Å². The highest BCUT2D eigenvalue weighted by Gasteiger charge is 2.10. The van der Waals surface area contributed by atoms with Crippen molar-refractivity contribution >= 4 is 29.2 Å². The topological polar surface area (TPSA) is 39.2 Å².